The van der Waals surface area contributed by atoms with Crippen LogP contribution in [0.5, 0.6) is 0 Å². The highest BCUT2D eigenvalue weighted by Crippen LogP contribution is 2.33. The van der Waals surface area contributed by atoms with Gasteiger partial charge in [-0.25, -0.2) is 0 Å². The van der Waals surface area contributed by atoms with Crippen molar-refractivity contribution in [2.24, 2.45) is 11.8 Å². The van der Waals surface area contributed by atoms with Crippen LogP contribution in [0.4, 0.5) is 0 Å². The summed E-state index contributed by atoms with van der Waals surface area (Å²) in [5.41, 5.74) is 1.31. The fourth-order valence-corrected chi connectivity index (χ4v) is 3.30. The lowest BCUT2D eigenvalue weighted by molar-refractivity contribution is -0.143. The Bertz CT molecular complexity index is 467. The number of ether oxygens (including phenoxy) is 1. The second kappa shape index (κ2) is 7.96. The summed E-state index contributed by atoms with van der Waals surface area (Å²) in [4.78, 5) is 23.7. The monoisotopic (exact) mass is 288 g/mol. The van der Waals surface area contributed by atoms with Crippen LogP contribution < -0.4 is 0 Å². The molecule has 114 valence electrons. The summed E-state index contributed by atoms with van der Waals surface area (Å²) in [5.74, 6) is 0.363. The summed E-state index contributed by atoms with van der Waals surface area (Å²) >= 11 is 0. The largest absolute Gasteiger partial charge is 0.469 e. The first-order valence-corrected chi connectivity index (χ1v) is 7.84. The normalized spacial score (nSPS) is 22.0. The molecule has 0 amide bonds. The van der Waals surface area contributed by atoms with Gasteiger partial charge in [-0.1, -0.05) is 30.3 Å². The molecule has 0 radical (unpaired) electrons. The van der Waals surface area contributed by atoms with Crippen LogP contribution in [0.1, 0.15) is 44.1 Å². The molecule has 0 bridgehead atoms. The maximum atomic E-state index is 12.2. The molecule has 0 saturated heterocycles. The Labute approximate surface area is 126 Å². The first kappa shape index (κ1) is 15.7. The zero-order valence-corrected chi connectivity index (χ0v) is 12.7. The predicted molar refractivity (Wildman–Crippen MR) is 81.9 cm³/mol. The summed E-state index contributed by atoms with van der Waals surface area (Å²) in [6.07, 6.45) is 5.82. The van der Waals surface area contributed by atoms with E-state index in [1.807, 2.05) is 18.2 Å². The van der Waals surface area contributed by atoms with E-state index in [9.17, 15) is 9.59 Å². The minimum atomic E-state index is -0.192. The molecule has 0 aliphatic heterocycles. The number of Topliss-reactive ketones (excluding diaryl/α,β-unsaturated/α-hetero) is 1. The van der Waals surface area contributed by atoms with E-state index in [0.29, 0.717) is 18.6 Å². The molecule has 1 aliphatic carbocycles. The van der Waals surface area contributed by atoms with E-state index >= 15 is 0 Å². The van der Waals surface area contributed by atoms with Crippen LogP contribution in [-0.2, 0) is 20.7 Å². The van der Waals surface area contributed by atoms with Gasteiger partial charge in [0.15, 0.2) is 0 Å². The smallest absolute Gasteiger partial charge is 0.305 e. The van der Waals surface area contributed by atoms with Gasteiger partial charge in [-0.2, -0.15) is 0 Å². The number of methoxy groups -OCH3 is 1. The van der Waals surface area contributed by atoms with E-state index in [4.69, 9.17) is 4.74 Å². The Balaban J connectivity index is 1.87. The average Bonchev–Trinajstić information content (AvgIpc) is 2.51. The maximum Gasteiger partial charge on any atom is 0.305 e. The molecule has 21 heavy (non-hydrogen) atoms. The molecule has 1 aromatic carbocycles. The van der Waals surface area contributed by atoms with E-state index in [1.54, 1.807) is 0 Å². The number of carbonyl (C=O) groups is 2. The molecule has 0 N–H and O–H groups in total. The molecule has 0 unspecified atom stereocenters. The van der Waals surface area contributed by atoms with Gasteiger partial charge in [-0.15, -0.1) is 0 Å². The summed E-state index contributed by atoms with van der Waals surface area (Å²) in [7, 11) is 1.41. The van der Waals surface area contributed by atoms with Crippen LogP contribution in [0.3, 0.4) is 0 Å². The Morgan fingerprint density at radius 2 is 2.05 bits per heavy atom. The number of esters is 1. The summed E-state index contributed by atoms with van der Waals surface area (Å²) in [6, 6.07) is 10.3. The zero-order valence-electron chi connectivity index (χ0n) is 12.7. The minimum Gasteiger partial charge on any atom is -0.469 e. The average molecular weight is 288 g/mol. The van der Waals surface area contributed by atoms with Gasteiger partial charge < -0.3 is 4.74 Å². The van der Waals surface area contributed by atoms with E-state index in [1.165, 1.54) is 12.7 Å². The fourth-order valence-electron chi connectivity index (χ4n) is 3.30. The van der Waals surface area contributed by atoms with E-state index < -0.39 is 0 Å². The van der Waals surface area contributed by atoms with Crippen molar-refractivity contribution in [1.29, 1.82) is 0 Å². The van der Waals surface area contributed by atoms with Crippen molar-refractivity contribution < 1.29 is 14.3 Å². The van der Waals surface area contributed by atoms with E-state index in [0.717, 1.165) is 32.1 Å². The number of benzene rings is 1. The van der Waals surface area contributed by atoms with Crippen molar-refractivity contribution in [3.63, 3.8) is 0 Å². The molecule has 1 fully saturated rings. The van der Waals surface area contributed by atoms with Gasteiger partial charge >= 0.3 is 5.97 Å². The maximum absolute atomic E-state index is 12.2. The number of hydrogen-bond donors (Lipinski definition) is 0. The number of rotatable bonds is 6. The van der Waals surface area contributed by atoms with E-state index in [-0.39, 0.29) is 17.8 Å². The number of hydrogen-bond acceptors (Lipinski definition) is 3. The van der Waals surface area contributed by atoms with Gasteiger partial charge in [0, 0.05) is 18.8 Å². The molecule has 1 aromatic rings. The summed E-state index contributed by atoms with van der Waals surface area (Å²) < 4.78 is 4.76. The van der Waals surface area contributed by atoms with Crippen LogP contribution in [0, 0.1) is 11.8 Å². The molecule has 2 atom stereocenters. The molecule has 0 heterocycles. The number of ketones is 1. The van der Waals surface area contributed by atoms with Gasteiger partial charge in [0.1, 0.15) is 5.78 Å². The highest BCUT2D eigenvalue weighted by Gasteiger charge is 2.32. The molecular formula is C18H24O3. The molecule has 3 nitrogen and oxygen atoms in total. The Morgan fingerprint density at radius 3 is 2.76 bits per heavy atom. The van der Waals surface area contributed by atoms with Gasteiger partial charge in [0.05, 0.1) is 7.11 Å². The van der Waals surface area contributed by atoms with Gasteiger partial charge in [-0.05, 0) is 43.6 Å². The lowest BCUT2D eigenvalue weighted by Crippen LogP contribution is -2.30. The standard InChI is InChI=1S/C18H24O3/c1-21-18(20)13-15-10-6-12-17(19)16(15)11-5-9-14-7-3-2-4-8-14/h2-4,7-8,15-16H,5-6,9-13H2,1H3/t15-,16+/m1/s1. The Hall–Kier alpha value is -1.64. The van der Waals surface area contributed by atoms with Gasteiger partial charge in [0.2, 0.25) is 0 Å². The van der Waals surface area contributed by atoms with Crippen LogP contribution in [0.15, 0.2) is 30.3 Å². The van der Waals surface area contributed by atoms with Crippen LogP contribution in [0.2, 0.25) is 0 Å². The molecule has 1 aliphatic rings. The number of aryl methyl sites for hydroxylation is 1. The summed E-state index contributed by atoms with van der Waals surface area (Å²) in [5, 5.41) is 0. The van der Waals surface area contributed by atoms with Gasteiger partial charge in [0.25, 0.3) is 0 Å². The first-order valence-electron chi connectivity index (χ1n) is 7.84. The molecule has 0 aromatic heterocycles. The first-order chi connectivity index (χ1) is 10.2. The van der Waals surface area contributed by atoms with Crippen LogP contribution in [0.25, 0.3) is 0 Å². The fraction of sp³-hybridized carbons (Fsp3) is 0.556. The lowest BCUT2D eigenvalue weighted by Gasteiger charge is -2.29. The number of carbonyl (C=O) groups excluding carboxylic acids is 2. The van der Waals surface area contributed by atoms with Crippen molar-refractivity contribution >= 4 is 11.8 Å². The molecule has 2 rings (SSSR count). The van der Waals surface area contributed by atoms with Crippen LogP contribution >= 0.6 is 0 Å². The third-order valence-corrected chi connectivity index (χ3v) is 4.46. The highest BCUT2D eigenvalue weighted by molar-refractivity contribution is 5.83. The predicted octanol–water partition coefficient (Wildman–Crippen LogP) is 3.56. The molecule has 3 heteroatoms. The molecule has 1 saturated carbocycles. The van der Waals surface area contributed by atoms with Crippen molar-refractivity contribution in [3.05, 3.63) is 35.9 Å². The van der Waals surface area contributed by atoms with Crippen molar-refractivity contribution in [1.82, 2.24) is 0 Å². The quantitative estimate of drug-likeness (QED) is 0.752. The van der Waals surface area contributed by atoms with Crippen LogP contribution in [-0.4, -0.2) is 18.9 Å². The van der Waals surface area contributed by atoms with Crippen molar-refractivity contribution in [2.45, 2.75) is 44.9 Å². The third kappa shape index (κ3) is 4.69. The van der Waals surface area contributed by atoms with Crippen molar-refractivity contribution in [3.8, 4) is 0 Å². The zero-order chi connectivity index (χ0) is 15.1. The van der Waals surface area contributed by atoms with E-state index in [2.05, 4.69) is 12.1 Å². The summed E-state index contributed by atoms with van der Waals surface area (Å²) in [6.45, 7) is 0. The van der Waals surface area contributed by atoms with Gasteiger partial charge in [-0.3, -0.25) is 9.59 Å². The second-order valence-electron chi connectivity index (χ2n) is 5.88. The second-order valence-corrected chi connectivity index (χ2v) is 5.88. The SMILES string of the molecule is COC(=O)C[C@H]1CCCC(=O)[C@H]1CCCc1ccccc1. The van der Waals surface area contributed by atoms with Crippen molar-refractivity contribution in [2.75, 3.05) is 7.11 Å². The minimum absolute atomic E-state index is 0.0431. The lowest BCUT2D eigenvalue weighted by atomic mass is 9.74. The molecule has 0 spiro atoms. The molecular weight excluding hydrogens is 264 g/mol. The Morgan fingerprint density at radius 1 is 1.29 bits per heavy atom. The highest BCUT2D eigenvalue weighted by atomic mass is 16.5. The third-order valence-electron chi connectivity index (χ3n) is 4.46. The topological polar surface area (TPSA) is 43.4 Å². The Kier molecular flexibility index (Phi) is 5.97.